The Bertz CT molecular complexity index is 5170. The van der Waals surface area contributed by atoms with E-state index in [9.17, 15) is 63.0 Å². The molecule has 3 aromatic heterocycles. The number of nitrogens with two attached hydrogens (primary N) is 3. The van der Waals surface area contributed by atoms with Crippen LogP contribution < -0.4 is 86.3 Å². The number of aromatic hydroxyl groups is 1. The van der Waals surface area contributed by atoms with Gasteiger partial charge in [0.1, 0.15) is 83.8 Å². The molecule has 1 aliphatic carbocycles. The van der Waals surface area contributed by atoms with Gasteiger partial charge in [-0.15, -0.1) is 23.1 Å². The fraction of sp³-hybridized carbons (Fsp3) is 0.527. The minimum Gasteiger partial charge on any atom is -0.508 e. The number of guanidine groups is 1. The maximum atomic E-state index is 15.8. The average molecular weight is 1910 g/mol. The van der Waals surface area contributed by atoms with E-state index in [0.29, 0.717) is 59.0 Å². The van der Waals surface area contributed by atoms with Gasteiger partial charge in [-0.05, 0) is 122 Å². The van der Waals surface area contributed by atoms with Gasteiger partial charge in [0.25, 0.3) is 0 Å². The van der Waals surface area contributed by atoms with Gasteiger partial charge >= 0.3 is 0 Å². The summed E-state index contributed by atoms with van der Waals surface area (Å²) < 4.78 is 0.825. The fourth-order valence-electron chi connectivity index (χ4n) is 15.7. The van der Waals surface area contributed by atoms with Crippen molar-refractivity contribution in [3.63, 3.8) is 0 Å². The zero-order valence-corrected chi connectivity index (χ0v) is 79.1. The molecule has 734 valence electrons. The first-order chi connectivity index (χ1) is 64.3. The molecule has 1 saturated heterocycles. The lowest BCUT2D eigenvalue weighted by Crippen LogP contribution is -2.62. The summed E-state index contributed by atoms with van der Waals surface area (Å²) in [5.74, 6) is -17.3. The predicted molar refractivity (Wildman–Crippen MR) is 504 cm³/mol. The first-order valence-corrected chi connectivity index (χ1v) is 47.3. The van der Waals surface area contributed by atoms with Crippen molar-refractivity contribution in [1.29, 1.82) is 5.41 Å². The number of unbranched alkanes of at least 4 members (excludes halogenated alkanes) is 2. The van der Waals surface area contributed by atoms with Crippen molar-refractivity contribution >= 4 is 150 Å². The highest BCUT2D eigenvalue weighted by Gasteiger charge is 2.60. The minimum atomic E-state index is -1.84. The highest BCUT2D eigenvalue weighted by atomic mass is 32.2. The summed E-state index contributed by atoms with van der Waals surface area (Å²) in [6.45, 7) is 8.38. The number of nitrogens with zero attached hydrogens (tertiary/aromatic N) is 4. The third-order valence-electron chi connectivity index (χ3n) is 23.7. The Hall–Kier alpha value is -13.3. The van der Waals surface area contributed by atoms with Crippen LogP contribution in [0.4, 0.5) is 0 Å². The SMILES string of the molecule is CCCC[C@H]1C(=O)N(C)[C@@H](CCCC)C(=O)N[C@@H](CCCNC(=N)N)C(=O)NC(C(=O)NCC(N)=O)CSCC(=O)N[C@@H](Cc2ccc(O)cc2)C(=O)N(C)[C@@H](C)C(=O)N[C@@H](CC(N)=O)C(=O)NCCCCC(=O)N[C@@H](Cc2cnc[nH]2)C(=O)N[C@@H](CC(C)C)C(=O)NC2(C[C@@H]2C)C(=O)N[C@@H](Cc2c[nH]c3ccccc23)C(=O)N[C@@H](CO)C(=O)N[C@@H](Cc2csc3ccccc23)C(=O)N1C. The standard InChI is InChI=1S/C91H129N23O19S2/c1-10-12-25-70-85(129)104-61(24-20-34-98-90(94)95)80(124)109-69(79(123)100-44-74(93)118)47-134-48-76(120)103-66(36-53-29-31-57(116)32-30-53)86(130)112(7)52(6)77(121)105-65(40-73(92)117)78(122)97-33-19-18-28-75(119)102-64(39-56-43-96-49-101-56)82(126)106-62(35-50(3)4)84(128)111-91(41-51(91)5)89(133)110-63(37-54-42-99-60-23-16-14-21-58(54)60)81(125)108-68(45-115)83(127)107-67(38-55-46-135-72-27-17-15-22-59(55)72)87(131)114(9)71(26-13-11-2)88(132)113(70)8/h14-17,21-23,27,29-32,42-43,46,49-52,61-71,99,115-116H,10-13,18-20,24-26,28,33-41,44-45,47-48H2,1-9H3,(H2,92,117)(H2,93,118)(H,96,101)(H,97,122)(H,100,123)(H,102,119)(H,103,120)(H,104,129)(H,105,121)(H,106,126)(H,107,127)(H,108,125)(H,109,124)(H,110,133)(H,111,128)(H4,94,95,98)/t51-,52-,61-,62-,63-,64-,65-,66-,67-,68-,69?,70-,71-,91?/m0/s1. The molecular formula is C91H129N23O19S2. The van der Waals surface area contributed by atoms with Gasteiger partial charge in [0.2, 0.25) is 100 Å². The number of primary amides is 2. The normalized spacial score (nSPS) is 24.4. The molecule has 135 heavy (non-hydrogen) atoms. The quantitative estimate of drug-likeness (QED) is 0.0177. The number of imidazole rings is 1. The highest BCUT2D eigenvalue weighted by Crippen LogP contribution is 2.44. The van der Waals surface area contributed by atoms with Crippen molar-refractivity contribution in [3.8, 4) is 5.75 Å². The molecular weight excluding hydrogens is 1780 g/mol. The van der Waals surface area contributed by atoms with Gasteiger partial charge in [0.05, 0.1) is 31.7 Å². The van der Waals surface area contributed by atoms with E-state index in [1.807, 2.05) is 32.0 Å². The molecule has 2 fully saturated rings. The van der Waals surface area contributed by atoms with Crippen LogP contribution in [0.15, 0.2) is 96.9 Å². The number of rotatable bonds is 26. The summed E-state index contributed by atoms with van der Waals surface area (Å²) in [5.41, 5.74) is 17.6. The van der Waals surface area contributed by atoms with Crippen LogP contribution in [0.2, 0.25) is 0 Å². The number of phenolic OH excluding ortho intramolecular Hbond substituents is 1. The Morgan fingerprint density at radius 2 is 1.18 bits per heavy atom. The molecule has 2 unspecified atom stereocenters. The van der Waals surface area contributed by atoms with Crippen LogP contribution in [0, 0.1) is 17.2 Å². The van der Waals surface area contributed by atoms with E-state index < -0.39 is 221 Å². The van der Waals surface area contributed by atoms with Gasteiger partial charge in [0, 0.05) is 106 Å². The summed E-state index contributed by atoms with van der Waals surface area (Å²) in [6, 6.07) is 2.02. The number of para-hydroxylation sites is 1. The minimum absolute atomic E-state index is 0.00552. The maximum Gasteiger partial charge on any atom is 0.246 e. The molecule has 44 heteroatoms. The van der Waals surface area contributed by atoms with Crippen LogP contribution in [-0.4, -0.2) is 283 Å². The Labute approximate surface area is 790 Å². The molecule has 1 saturated carbocycles. The number of aromatic nitrogens is 3. The summed E-state index contributed by atoms with van der Waals surface area (Å²) in [7, 11) is 3.96. The molecule has 6 aromatic rings. The second-order valence-corrected chi connectivity index (χ2v) is 36.6. The molecule has 4 heterocycles. The van der Waals surface area contributed by atoms with Gasteiger partial charge in [-0.2, -0.15) is 0 Å². The topological polar surface area (TPSA) is 643 Å². The molecule has 1 aliphatic heterocycles. The number of aromatic amines is 2. The van der Waals surface area contributed by atoms with E-state index in [1.54, 1.807) is 62.7 Å². The number of thioether (sulfide) groups is 1. The molecule has 17 amide bonds. The number of nitrogens with one attached hydrogen (secondary N) is 16. The van der Waals surface area contributed by atoms with Crippen molar-refractivity contribution in [2.45, 2.75) is 235 Å². The molecule has 8 rings (SSSR count). The molecule has 42 nitrogen and oxygen atoms in total. The van der Waals surface area contributed by atoms with Crippen LogP contribution in [-0.2, 0) is 107 Å². The maximum absolute atomic E-state index is 15.8. The molecule has 14 atom stereocenters. The number of aliphatic hydroxyl groups excluding tert-OH is 1. The molecule has 2 aliphatic rings. The van der Waals surface area contributed by atoms with Gasteiger partial charge < -0.3 is 121 Å². The first kappa shape index (κ1) is 107. The van der Waals surface area contributed by atoms with E-state index in [2.05, 4.69) is 84.1 Å². The lowest BCUT2D eigenvalue weighted by molar-refractivity contribution is -0.149. The number of carbonyl (C=O) groups excluding carboxylic acids is 17. The Morgan fingerprint density at radius 1 is 0.585 bits per heavy atom. The monoisotopic (exact) mass is 1910 g/mol. The second-order valence-electron chi connectivity index (χ2n) is 34.6. The number of likely N-dealkylation sites (N-methyl/N-ethyl adjacent to an activating group) is 3. The first-order valence-electron chi connectivity index (χ1n) is 45.2. The Morgan fingerprint density at radius 3 is 1.82 bits per heavy atom. The number of thiophene rings is 1. The van der Waals surface area contributed by atoms with Crippen LogP contribution in [0.25, 0.3) is 21.0 Å². The average Bonchev–Trinajstić information content (AvgIpc) is 1.58. The Kier molecular flexibility index (Phi) is 41.1. The predicted octanol–water partition coefficient (Wildman–Crippen LogP) is -0.967. The van der Waals surface area contributed by atoms with Gasteiger partial charge in [-0.25, -0.2) is 4.98 Å². The van der Waals surface area contributed by atoms with Crippen molar-refractivity contribution in [1.82, 2.24) is 98.8 Å². The van der Waals surface area contributed by atoms with Crippen molar-refractivity contribution < 1.29 is 91.7 Å². The van der Waals surface area contributed by atoms with Crippen LogP contribution in [0.1, 0.15) is 154 Å². The second kappa shape index (κ2) is 51.8. The van der Waals surface area contributed by atoms with Crippen LogP contribution in [0.3, 0.4) is 0 Å². The number of fused-ring (bicyclic) bond motifs is 2. The van der Waals surface area contributed by atoms with Crippen molar-refractivity contribution in [2.24, 2.45) is 29.0 Å². The summed E-state index contributed by atoms with van der Waals surface area (Å²) in [5, 5.41) is 67.2. The molecule has 24 N–H and O–H groups in total. The lowest BCUT2D eigenvalue weighted by Gasteiger charge is -2.36. The van der Waals surface area contributed by atoms with Gasteiger partial charge in [-0.1, -0.05) is 109 Å². The lowest BCUT2D eigenvalue weighted by atomic mass is 10.00. The summed E-state index contributed by atoms with van der Waals surface area (Å²) in [6.07, 6.45) is 4.48. The molecule has 0 bridgehead atoms. The van der Waals surface area contributed by atoms with Gasteiger partial charge in [0.15, 0.2) is 5.96 Å². The third kappa shape index (κ3) is 31.7. The zero-order chi connectivity index (χ0) is 98.9. The number of H-pyrrole nitrogens is 2. The number of phenols is 1. The number of benzene rings is 3. The summed E-state index contributed by atoms with van der Waals surface area (Å²) >= 11 is 2.14. The largest absolute Gasteiger partial charge is 0.508 e. The Balaban J connectivity index is 1.15. The van der Waals surface area contributed by atoms with E-state index >= 15 is 28.8 Å². The highest BCUT2D eigenvalue weighted by molar-refractivity contribution is 8.00. The van der Waals surface area contributed by atoms with Crippen LogP contribution >= 0.6 is 23.1 Å². The number of aliphatic hydroxyl groups is 1. The molecule has 1 spiro atoms. The van der Waals surface area contributed by atoms with E-state index in [0.717, 1.165) is 36.5 Å². The van der Waals surface area contributed by atoms with E-state index in [-0.39, 0.29) is 108 Å². The third-order valence-corrected chi connectivity index (χ3v) is 25.8. The van der Waals surface area contributed by atoms with Crippen molar-refractivity contribution in [2.75, 3.05) is 58.9 Å². The van der Waals surface area contributed by atoms with E-state index in [4.69, 9.17) is 22.6 Å². The van der Waals surface area contributed by atoms with E-state index in [1.165, 1.54) is 76.2 Å². The summed E-state index contributed by atoms with van der Waals surface area (Å²) in [4.78, 5) is 260. The fourth-order valence-corrected chi connectivity index (χ4v) is 17.6. The number of hydrogen-bond donors (Lipinski definition) is 21. The van der Waals surface area contributed by atoms with Crippen molar-refractivity contribution in [3.05, 3.63) is 119 Å². The number of hydrogen-bond acceptors (Lipinski definition) is 23. The smallest absolute Gasteiger partial charge is 0.246 e. The molecule has 3 aromatic carbocycles. The van der Waals surface area contributed by atoms with Gasteiger partial charge in [-0.3, -0.25) is 86.9 Å². The number of carbonyl (C=O) groups is 17. The van der Waals surface area contributed by atoms with Crippen LogP contribution in [0.5, 0.6) is 5.75 Å². The number of amides is 17. The molecule has 0 radical (unpaired) electrons. The zero-order valence-electron chi connectivity index (χ0n) is 77.5.